The third-order valence-corrected chi connectivity index (χ3v) is 7.21. The minimum absolute atomic E-state index is 0.0156. The van der Waals surface area contributed by atoms with Crippen molar-refractivity contribution in [3.05, 3.63) is 89.3 Å². The molecule has 2 aromatic carbocycles. The molecular weight excluding hydrogens is 415 g/mol. The SMILES string of the molecule is O=C(Nc1ccc2c(c1)CCC2)C1CCCN(C(=O)c2ccccc2F)C1[C@@H]1C=CC=CC1. The van der Waals surface area contributed by atoms with Crippen molar-refractivity contribution in [2.75, 3.05) is 11.9 Å². The second-order valence-electron chi connectivity index (χ2n) is 9.26. The third-order valence-electron chi connectivity index (χ3n) is 7.21. The molecule has 1 heterocycles. The number of nitrogens with one attached hydrogen (secondary N) is 1. The van der Waals surface area contributed by atoms with E-state index < -0.39 is 5.82 Å². The summed E-state index contributed by atoms with van der Waals surface area (Å²) in [5.41, 5.74) is 3.56. The van der Waals surface area contributed by atoms with Gasteiger partial charge in [0, 0.05) is 18.2 Å². The number of anilines is 1. The van der Waals surface area contributed by atoms with Crippen LogP contribution in [0, 0.1) is 17.7 Å². The number of aryl methyl sites for hydroxylation is 2. The van der Waals surface area contributed by atoms with Crippen molar-refractivity contribution in [1.29, 1.82) is 0 Å². The molecule has 0 radical (unpaired) electrons. The lowest BCUT2D eigenvalue weighted by Crippen LogP contribution is -2.55. The summed E-state index contributed by atoms with van der Waals surface area (Å²) in [4.78, 5) is 28.7. The molecule has 33 heavy (non-hydrogen) atoms. The number of hydrogen-bond acceptors (Lipinski definition) is 2. The van der Waals surface area contributed by atoms with Gasteiger partial charge >= 0.3 is 0 Å². The van der Waals surface area contributed by atoms with E-state index in [-0.39, 0.29) is 35.3 Å². The average Bonchev–Trinajstić information content (AvgIpc) is 3.32. The summed E-state index contributed by atoms with van der Waals surface area (Å²) in [7, 11) is 0. The highest BCUT2D eigenvalue weighted by Gasteiger charge is 2.42. The van der Waals surface area contributed by atoms with Crippen LogP contribution in [-0.2, 0) is 17.6 Å². The summed E-state index contributed by atoms with van der Waals surface area (Å²) in [5.74, 6) is -1.27. The Morgan fingerprint density at radius 1 is 1.00 bits per heavy atom. The van der Waals surface area contributed by atoms with Gasteiger partial charge in [-0.15, -0.1) is 0 Å². The van der Waals surface area contributed by atoms with Crippen molar-refractivity contribution in [1.82, 2.24) is 4.90 Å². The molecule has 4 nitrogen and oxygen atoms in total. The Kier molecular flexibility index (Phi) is 6.12. The van der Waals surface area contributed by atoms with E-state index in [9.17, 15) is 14.0 Å². The Balaban J connectivity index is 1.43. The van der Waals surface area contributed by atoms with Crippen molar-refractivity contribution in [2.45, 2.75) is 44.6 Å². The number of carbonyl (C=O) groups excluding carboxylic acids is 2. The number of hydrogen-bond donors (Lipinski definition) is 1. The number of likely N-dealkylation sites (tertiary alicyclic amines) is 1. The second-order valence-corrected chi connectivity index (χ2v) is 9.26. The summed E-state index contributed by atoms with van der Waals surface area (Å²) in [6.45, 7) is 0.522. The van der Waals surface area contributed by atoms with Gasteiger partial charge in [-0.1, -0.05) is 42.5 Å². The zero-order valence-corrected chi connectivity index (χ0v) is 18.7. The van der Waals surface area contributed by atoms with E-state index in [4.69, 9.17) is 0 Å². The van der Waals surface area contributed by atoms with Crippen LogP contribution in [0.4, 0.5) is 10.1 Å². The fourth-order valence-corrected chi connectivity index (χ4v) is 5.60. The van der Waals surface area contributed by atoms with Crippen LogP contribution in [-0.4, -0.2) is 29.3 Å². The van der Waals surface area contributed by atoms with Gasteiger partial charge in [-0.3, -0.25) is 9.59 Å². The normalized spacial score (nSPS) is 23.9. The Bertz CT molecular complexity index is 1120. The highest BCUT2D eigenvalue weighted by molar-refractivity contribution is 5.97. The number of fused-ring (bicyclic) bond motifs is 1. The summed E-state index contributed by atoms with van der Waals surface area (Å²) < 4.78 is 14.5. The largest absolute Gasteiger partial charge is 0.334 e. The van der Waals surface area contributed by atoms with E-state index in [2.05, 4.69) is 29.6 Å². The lowest BCUT2D eigenvalue weighted by Gasteiger charge is -2.44. The molecule has 0 spiro atoms. The number of amides is 2. The van der Waals surface area contributed by atoms with Gasteiger partial charge in [-0.2, -0.15) is 0 Å². The molecule has 1 N–H and O–H groups in total. The molecule has 5 rings (SSSR count). The number of halogens is 1. The first kappa shape index (κ1) is 21.6. The zero-order valence-electron chi connectivity index (χ0n) is 18.7. The molecule has 170 valence electrons. The van der Waals surface area contributed by atoms with Gasteiger partial charge in [0.05, 0.1) is 17.5 Å². The third kappa shape index (κ3) is 4.37. The highest BCUT2D eigenvalue weighted by Crippen LogP contribution is 2.35. The number of carbonyl (C=O) groups is 2. The molecule has 2 amide bonds. The number of piperidine rings is 1. The molecule has 2 aromatic rings. The number of nitrogens with zero attached hydrogens (tertiary/aromatic N) is 1. The molecule has 2 aliphatic carbocycles. The smallest absolute Gasteiger partial charge is 0.257 e. The molecule has 0 aromatic heterocycles. The zero-order chi connectivity index (χ0) is 22.8. The molecule has 5 heteroatoms. The van der Waals surface area contributed by atoms with E-state index in [0.717, 1.165) is 31.4 Å². The lowest BCUT2D eigenvalue weighted by molar-refractivity contribution is -0.123. The fourth-order valence-electron chi connectivity index (χ4n) is 5.60. The van der Waals surface area contributed by atoms with E-state index in [0.29, 0.717) is 19.4 Å². The summed E-state index contributed by atoms with van der Waals surface area (Å²) >= 11 is 0. The molecule has 0 bridgehead atoms. The molecule has 2 unspecified atom stereocenters. The molecule has 1 saturated heterocycles. The predicted octanol–water partition coefficient (Wildman–Crippen LogP) is 5.31. The van der Waals surface area contributed by atoms with Crippen LogP contribution in [0.2, 0.25) is 0 Å². The van der Waals surface area contributed by atoms with Gasteiger partial charge in [0.1, 0.15) is 5.82 Å². The van der Waals surface area contributed by atoms with Gasteiger partial charge in [0.2, 0.25) is 5.91 Å². The van der Waals surface area contributed by atoms with E-state index in [1.165, 1.54) is 23.3 Å². The highest BCUT2D eigenvalue weighted by atomic mass is 19.1. The number of benzene rings is 2. The summed E-state index contributed by atoms with van der Waals surface area (Å²) in [6.07, 6.45) is 13.6. The van der Waals surface area contributed by atoms with Crippen molar-refractivity contribution in [3.8, 4) is 0 Å². The molecule has 1 aliphatic heterocycles. The number of rotatable bonds is 4. The maximum absolute atomic E-state index is 14.5. The fraction of sp³-hybridized carbons (Fsp3) is 0.357. The topological polar surface area (TPSA) is 49.4 Å². The van der Waals surface area contributed by atoms with Gasteiger partial charge in [-0.25, -0.2) is 4.39 Å². The van der Waals surface area contributed by atoms with Crippen LogP contribution in [0.3, 0.4) is 0 Å². The van der Waals surface area contributed by atoms with Crippen molar-refractivity contribution in [3.63, 3.8) is 0 Å². The van der Waals surface area contributed by atoms with Gasteiger partial charge in [0.25, 0.3) is 5.91 Å². The first-order chi connectivity index (χ1) is 16.1. The first-order valence-electron chi connectivity index (χ1n) is 11.9. The maximum atomic E-state index is 14.5. The summed E-state index contributed by atoms with van der Waals surface area (Å²) in [5, 5.41) is 3.13. The monoisotopic (exact) mass is 444 g/mol. The number of allylic oxidation sites excluding steroid dienone is 3. The Labute approximate surface area is 194 Å². The van der Waals surface area contributed by atoms with Crippen molar-refractivity contribution >= 4 is 17.5 Å². The molecular formula is C28H29FN2O2. The van der Waals surface area contributed by atoms with E-state index >= 15 is 0 Å². The quantitative estimate of drug-likeness (QED) is 0.695. The second kappa shape index (κ2) is 9.34. The van der Waals surface area contributed by atoms with Crippen molar-refractivity contribution in [2.24, 2.45) is 11.8 Å². The molecule has 3 aliphatic rings. The van der Waals surface area contributed by atoms with Gasteiger partial charge in [0.15, 0.2) is 0 Å². The van der Waals surface area contributed by atoms with Crippen LogP contribution in [0.5, 0.6) is 0 Å². The van der Waals surface area contributed by atoms with Crippen LogP contribution in [0.15, 0.2) is 66.8 Å². The maximum Gasteiger partial charge on any atom is 0.257 e. The molecule has 1 fully saturated rings. The standard InChI is InChI=1S/C28H29FN2O2/c29-25-14-5-4-12-23(25)28(33)31-17-7-13-24(26(31)20-8-2-1-3-9-20)27(32)30-22-16-15-19-10-6-11-21(19)18-22/h1-5,8,12,14-16,18,20,24,26H,6-7,9-11,13,17H2,(H,30,32)/t20-,24?,26?/m1/s1. The van der Waals surface area contributed by atoms with E-state index in [1.807, 2.05) is 18.2 Å². The minimum atomic E-state index is -0.523. The molecule has 0 saturated carbocycles. The first-order valence-corrected chi connectivity index (χ1v) is 11.9. The van der Waals surface area contributed by atoms with Gasteiger partial charge in [-0.05, 0) is 73.9 Å². The minimum Gasteiger partial charge on any atom is -0.334 e. The average molecular weight is 445 g/mol. The molecule has 3 atom stereocenters. The van der Waals surface area contributed by atoms with Crippen LogP contribution >= 0.6 is 0 Å². The Hall–Kier alpha value is -3.21. The summed E-state index contributed by atoms with van der Waals surface area (Å²) in [6, 6.07) is 12.0. The van der Waals surface area contributed by atoms with Crippen LogP contribution in [0.1, 0.15) is 47.2 Å². The van der Waals surface area contributed by atoms with Crippen LogP contribution in [0.25, 0.3) is 0 Å². The lowest BCUT2D eigenvalue weighted by atomic mass is 9.77. The van der Waals surface area contributed by atoms with E-state index in [1.54, 1.807) is 17.0 Å². The Morgan fingerprint density at radius 2 is 1.85 bits per heavy atom. The Morgan fingerprint density at radius 3 is 2.67 bits per heavy atom. The van der Waals surface area contributed by atoms with Crippen LogP contribution < -0.4 is 5.32 Å². The van der Waals surface area contributed by atoms with Gasteiger partial charge < -0.3 is 10.2 Å². The van der Waals surface area contributed by atoms with Crippen molar-refractivity contribution < 1.29 is 14.0 Å². The predicted molar refractivity (Wildman–Crippen MR) is 127 cm³/mol.